The van der Waals surface area contributed by atoms with Gasteiger partial charge in [0.25, 0.3) is 0 Å². The van der Waals surface area contributed by atoms with E-state index < -0.39 is 0 Å². The highest BCUT2D eigenvalue weighted by Gasteiger charge is 2.19. The van der Waals surface area contributed by atoms with Gasteiger partial charge in [0.2, 0.25) is 0 Å². The molecule has 1 unspecified atom stereocenters. The fourth-order valence-electron chi connectivity index (χ4n) is 1.91. The van der Waals surface area contributed by atoms with Crippen molar-refractivity contribution in [3.8, 4) is 5.75 Å². The van der Waals surface area contributed by atoms with Crippen molar-refractivity contribution in [3.05, 3.63) is 28.0 Å². The van der Waals surface area contributed by atoms with E-state index in [2.05, 4.69) is 21.2 Å². The van der Waals surface area contributed by atoms with E-state index in [1.165, 1.54) is 7.11 Å². The molecule has 1 heterocycles. The molecule has 2 nitrogen and oxygen atoms in total. The second-order valence-electron chi connectivity index (χ2n) is 3.71. The van der Waals surface area contributed by atoms with Gasteiger partial charge in [0.05, 0.1) is 11.6 Å². The molecule has 0 spiro atoms. The molecule has 1 aromatic carbocycles. The largest absolute Gasteiger partial charge is 0.494 e. The van der Waals surface area contributed by atoms with Crippen LogP contribution in [0.5, 0.6) is 5.75 Å². The Morgan fingerprint density at radius 2 is 2.33 bits per heavy atom. The normalized spacial score (nSPS) is 20.6. The van der Waals surface area contributed by atoms with E-state index in [9.17, 15) is 4.39 Å². The van der Waals surface area contributed by atoms with Crippen LogP contribution in [0, 0.1) is 5.82 Å². The molecule has 1 aliphatic rings. The van der Waals surface area contributed by atoms with Crippen molar-refractivity contribution in [2.75, 3.05) is 20.2 Å². The van der Waals surface area contributed by atoms with Crippen molar-refractivity contribution in [1.82, 2.24) is 5.32 Å². The third-order valence-corrected chi connectivity index (χ3v) is 3.35. The zero-order valence-corrected chi connectivity index (χ0v) is 10.1. The smallest absolute Gasteiger partial charge is 0.179 e. The number of ether oxygens (including phenoxy) is 1. The van der Waals surface area contributed by atoms with Crippen molar-refractivity contribution in [3.63, 3.8) is 0 Å². The van der Waals surface area contributed by atoms with E-state index in [4.69, 9.17) is 4.74 Å². The Balaban J connectivity index is 2.35. The van der Waals surface area contributed by atoms with Gasteiger partial charge in [-0.15, -0.1) is 0 Å². The molecule has 0 amide bonds. The third kappa shape index (κ3) is 2.16. The Morgan fingerprint density at radius 1 is 1.53 bits per heavy atom. The molecule has 1 aromatic rings. The lowest BCUT2D eigenvalue weighted by atomic mass is 9.98. The molecule has 1 atom stereocenters. The lowest BCUT2D eigenvalue weighted by Crippen LogP contribution is -2.08. The molecule has 0 radical (unpaired) electrons. The van der Waals surface area contributed by atoms with Crippen molar-refractivity contribution < 1.29 is 9.13 Å². The second-order valence-corrected chi connectivity index (χ2v) is 4.56. The SMILES string of the molecule is COc1cc(C2CCNC2)cc(Br)c1F. The number of nitrogens with one attached hydrogen (secondary N) is 1. The molecule has 82 valence electrons. The number of benzene rings is 1. The Hall–Kier alpha value is -0.610. The summed E-state index contributed by atoms with van der Waals surface area (Å²) in [5.74, 6) is 0.453. The van der Waals surface area contributed by atoms with Gasteiger partial charge in [0, 0.05) is 6.54 Å². The van der Waals surface area contributed by atoms with Crippen LogP contribution in [0.4, 0.5) is 4.39 Å². The number of halogens is 2. The predicted octanol–water partition coefficient (Wildman–Crippen LogP) is 2.67. The van der Waals surface area contributed by atoms with E-state index in [0.717, 1.165) is 25.1 Å². The van der Waals surface area contributed by atoms with Crippen LogP contribution in [-0.2, 0) is 0 Å². The van der Waals surface area contributed by atoms with Crippen LogP contribution < -0.4 is 10.1 Å². The van der Waals surface area contributed by atoms with Gasteiger partial charge in [-0.2, -0.15) is 0 Å². The maximum Gasteiger partial charge on any atom is 0.179 e. The molecule has 1 fully saturated rings. The standard InChI is InChI=1S/C11H13BrFNO/c1-15-10-5-8(4-9(12)11(10)13)7-2-3-14-6-7/h4-5,7,14H,2-3,6H2,1H3. The number of hydrogen-bond acceptors (Lipinski definition) is 2. The van der Waals surface area contributed by atoms with Crippen molar-refractivity contribution >= 4 is 15.9 Å². The van der Waals surface area contributed by atoms with Gasteiger partial charge in [0.1, 0.15) is 0 Å². The van der Waals surface area contributed by atoms with Crippen molar-refractivity contribution in [1.29, 1.82) is 0 Å². The summed E-state index contributed by atoms with van der Waals surface area (Å²) in [5, 5.41) is 3.29. The number of rotatable bonds is 2. The fraction of sp³-hybridized carbons (Fsp3) is 0.455. The van der Waals surface area contributed by atoms with Crippen LogP contribution in [-0.4, -0.2) is 20.2 Å². The average molecular weight is 274 g/mol. The first kappa shape index (κ1) is 10.9. The zero-order chi connectivity index (χ0) is 10.8. The highest BCUT2D eigenvalue weighted by Crippen LogP contribution is 2.32. The summed E-state index contributed by atoms with van der Waals surface area (Å²) in [4.78, 5) is 0. The van der Waals surface area contributed by atoms with Crippen LogP contribution >= 0.6 is 15.9 Å². The quantitative estimate of drug-likeness (QED) is 0.895. The van der Waals surface area contributed by atoms with Crippen molar-refractivity contribution in [2.24, 2.45) is 0 Å². The van der Waals surface area contributed by atoms with Gasteiger partial charge in [-0.1, -0.05) is 0 Å². The molecular weight excluding hydrogens is 261 g/mol. The van der Waals surface area contributed by atoms with E-state index in [0.29, 0.717) is 16.1 Å². The summed E-state index contributed by atoms with van der Waals surface area (Å²) in [5.41, 5.74) is 1.13. The summed E-state index contributed by atoms with van der Waals surface area (Å²) in [7, 11) is 1.49. The van der Waals surface area contributed by atoms with E-state index in [1.807, 2.05) is 6.07 Å². The summed E-state index contributed by atoms with van der Waals surface area (Å²) >= 11 is 3.21. The summed E-state index contributed by atoms with van der Waals surface area (Å²) in [6.07, 6.45) is 1.10. The minimum absolute atomic E-state index is 0.311. The molecule has 0 saturated carbocycles. The highest BCUT2D eigenvalue weighted by atomic mass is 79.9. The maximum atomic E-state index is 13.5. The Morgan fingerprint density at radius 3 is 2.93 bits per heavy atom. The Kier molecular flexibility index (Phi) is 3.26. The summed E-state index contributed by atoms with van der Waals surface area (Å²) in [6.45, 7) is 1.99. The predicted molar refractivity (Wildman–Crippen MR) is 60.9 cm³/mol. The first-order valence-electron chi connectivity index (χ1n) is 4.96. The van der Waals surface area contributed by atoms with E-state index in [1.54, 1.807) is 6.07 Å². The van der Waals surface area contributed by atoms with Crippen LogP contribution in [0.2, 0.25) is 0 Å². The molecule has 1 aliphatic heterocycles. The summed E-state index contributed by atoms with van der Waals surface area (Å²) < 4.78 is 19.0. The van der Waals surface area contributed by atoms with Crippen LogP contribution in [0.1, 0.15) is 17.9 Å². The fourth-order valence-corrected chi connectivity index (χ4v) is 2.37. The maximum absolute atomic E-state index is 13.5. The molecule has 0 bridgehead atoms. The molecule has 2 rings (SSSR count). The van der Waals surface area contributed by atoms with Gasteiger partial charge in [-0.25, -0.2) is 4.39 Å². The first-order valence-corrected chi connectivity index (χ1v) is 5.75. The molecule has 1 N–H and O–H groups in total. The van der Waals surface area contributed by atoms with Crippen LogP contribution in [0.15, 0.2) is 16.6 Å². The molecule has 15 heavy (non-hydrogen) atoms. The number of hydrogen-bond donors (Lipinski definition) is 1. The third-order valence-electron chi connectivity index (χ3n) is 2.77. The van der Waals surface area contributed by atoms with Gasteiger partial charge in [-0.05, 0) is 52.5 Å². The van der Waals surface area contributed by atoms with Crippen LogP contribution in [0.3, 0.4) is 0 Å². The van der Waals surface area contributed by atoms with Gasteiger partial charge < -0.3 is 10.1 Å². The molecule has 1 saturated heterocycles. The second kappa shape index (κ2) is 4.49. The van der Waals surface area contributed by atoms with Gasteiger partial charge in [-0.3, -0.25) is 0 Å². The Labute approximate surface area is 96.9 Å². The lowest BCUT2D eigenvalue weighted by Gasteiger charge is -2.12. The lowest BCUT2D eigenvalue weighted by molar-refractivity contribution is 0.384. The van der Waals surface area contributed by atoms with Crippen molar-refractivity contribution in [2.45, 2.75) is 12.3 Å². The molecule has 0 aliphatic carbocycles. The van der Waals surface area contributed by atoms with Crippen LogP contribution in [0.25, 0.3) is 0 Å². The molecule has 4 heteroatoms. The first-order chi connectivity index (χ1) is 7.22. The highest BCUT2D eigenvalue weighted by molar-refractivity contribution is 9.10. The minimum atomic E-state index is -0.327. The van der Waals surface area contributed by atoms with E-state index in [-0.39, 0.29) is 5.82 Å². The van der Waals surface area contributed by atoms with Gasteiger partial charge in [0.15, 0.2) is 11.6 Å². The minimum Gasteiger partial charge on any atom is -0.494 e. The summed E-state index contributed by atoms with van der Waals surface area (Å²) in [6, 6.07) is 3.63. The monoisotopic (exact) mass is 273 g/mol. The van der Waals surface area contributed by atoms with Gasteiger partial charge >= 0.3 is 0 Å². The zero-order valence-electron chi connectivity index (χ0n) is 8.52. The topological polar surface area (TPSA) is 21.3 Å². The average Bonchev–Trinajstić information content (AvgIpc) is 2.75. The van der Waals surface area contributed by atoms with E-state index >= 15 is 0 Å². The Bertz CT molecular complexity index is 364. The molecular formula is C11H13BrFNO. The number of methoxy groups -OCH3 is 1. The molecule has 0 aromatic heterocycles.